The molecule has 0 spiro atoms. The number of hydrogen-bond donors (Lipinski definition) is 3. The quantitative estimate of drug-likeness (QED) is 0.587. The van der Waals surface area contributed by atoms with Crippen LogP contribution in [0.15, 0.2) is 24.3 Å². The van der Waals surface area contributed by atoms with Crippen molar-refractivity contribution in [2.24, 2.45) is 5.41 Å². The Labute approximate surface area is 79.0 Å². The summed E-state index contributed by atoms with van der Waals surface area (Å²) >= 11 is 0. The molecular formula is C10H18O3. The maximum absolute atomic E-state index is 8.56. The Morgan fingerprint density at radius 2 is 1.46 bits per heavy atom. The first-order valence-corrected chi connectivity index (χ1v) is 4.26. The molecule has 1 rings (SSSR count). The van der Waals surface area contributed by atoms with Crippen molar-refractivity contribution in [2.75, 3.05) is 13.2 Å². The molecule has 0 aromatic rings. The van der Waals surface area contributed by atoms with Crippen LogP contribution in [0.4, 0.5) is 0 Å². The molecular weight excluding hydrogens is 168 g/mol. The van der Waals surface area contributed by atoms with Crippen LogP contribution in [0.2, 0.25) is 0 Å². The summed E-state index contributed by atoms with van der Waals surface area (Å²) in [5.41, 5.74) is -0.306. The van der Waals surface area contributed by atoms with Crippen molar-refractivity contribution in [3.8, 4) is 0 Å². The third kappa shape index (κ3) is 6.51. The molecule has 3 N–H and O–H groups in total. The molecule has 76 valence electrons. The Morgan fingerprint density at radius 3 is 1.54 bits per heavy atom. The minimum Gasteiger partial charge on any atom is -0.396 e. The van der Waals surface area contributed by atoms with Crippen LogP contribution in [0.5, 0.6) is 0 Å². The van der Waals surface area contributed by atoms with E-state index in [9.17, 15) is 0 Å². The first-order valence-electron chi connectivity index (χ1n) is 4.26. The summed E-state index contributed by atoms with van der Waals surface area (Å²) in [6, 6.07) is 0. The van der Waals surface area contributed by atoms with E-state index in [1.54, 1.807) is 26.0 Å². The summed E-state index contributed by atoms with van der Waals surface area (Å²) in [6.45, 7) is 3.69. The molecule has 0 heterocycles. The van der Waals surface area contributed by atoms with Gasteiger partial charge >= 0.3 is 0 Å². The largest absolute Gasteiger partial charge is 0.396 e. The molecule has 0 amide bonds. The lowest BCUT2D eigenvalue weighted by molar-refractivity contribution is 0.0857. The number of aliphatic hydroxyl groups excluding tert-OH is 3. The van der Waals surface area contributed by atoms with Crippen LogP contribution in [0.3, 0.4) is 0 Å². The van der Waals surface area contributed by atoms with E-state index in [1.807, 2.05) is 12.2 Å². The molecule has 0 atom stereocenters. The standard InChI is InChI=1S/C5H12O2.C5H6O/c1-5(2,3-6)4-7;6-5-3-1-2-4-5/h6-7H,3-4H2,1-2H3;1-6H. The molecule has 0 unspecified atom stereocenters. The summed E-state index contributed by atoms with van der Waals surface area (Å²) < 4.78 is 0. The second-order valence-electron chi connectivity index (χ2n) is 3.74. The zero-order chi connectivity index (χ0) is 10.3. The minimum absolute atomic E-state index is 0.0451. The fraction of sp³-hybridized carbons (Fsp3) is 0.600. The highest BCUT2D eigenvalue weighted by Gasteiger charge is 2.13. The van der Waals surface area contributed by atoms with Crippen molar-refractivity contribution >= 4 is 0 Å². The van der Waals surface area contributed by atoms with Gasteiger partial charge in [-0.25, -0.2) is 0 Å². The molecule has 0 fully saturated rings. The maximum Gasteiger partial charge on any atom is 0.0908 e. The van der Waals surface area contributed by atoms with E-state index >= 15 is 0 Å². The third-order valence-electron chi connectivity index (χ3n) is 1.58. The lowest BCUT2D eigenvalue weighted by atomic mass is 9.97. The minimum atomic E-state index is -0.315. The highest BCUT2D eigenvalue weighted by atomic mass is 16.3. The lowest BCUT2D eigenvalue weighted by Crippen LogP contribution is -2.20. The lowest BCUT2D eigenvalue weighted by Gasteiger charge is -2.16. The van der Waals surface area contributed by atoms with Gasteiger partial charge in [-0.1, -0.05) is 38.2 Å². The number of allylic oxidation sites excluding steroid dienone is 2. The average Bonchev–Trinajstić information content (AvgIpc) is 2.57. The number of aliphatic hydroxyl groups is 3. The predicted octanol–water partition coefficient (Wildman–Crippen LogP) is 0.471. The molecule has 0 saturated carbocycles. The van der Waals surface area contributed by atoms with Crippen molar-refractivity contribution in [1.82, 2.24) is 0 Å². The average molecular weight is 186 g/mol. The van der Waals surface area contributed by atoms with Crippen LogP contribution in [0.25, 0.3) is 0 Å². The van der Waals surface area contributed by atoms with Gasteiger partial charge in [0, 0.05) is 5.41 Å². The normalized spacial score (nSPS) is 15.8. The summed E-state index contributed by atoms with van der Waals surface area (Å²) in [6.07, 6.45) is 6.78. The van der Waals surface area contributed by atoms with Gasteiger partial charge in [0.2, 0.25) is 0 Å². The van der Waals surface area contributed by atoms with Gasteiger partial charge in [0.05, 0.1) is 19.3 Å². The van der Waals surface area contributed by atoms with Crippen molar-refractivity contribution in [3.63, 3.8) is 0 Å². The Hall–Kier alpha value is -0.640. The Morgan fingerprint density at radius 1 is 1.08 bits per heavy atom. The van der Waals surface area contributed by atoms with Crippen LogP contribution in [0, 0.1) is 5.41 Å². The van der Waals surface area contributed by atoms with E-state index in [1.165, 1.54) is 0 Å². The fourth-order valence-electron chi connectivity index (χ4n) is 0.470. The van der Waals surface area contributed by atoms with Crippen LogP contribution < -0.4 is 0 Å². The third-order valence-corrected chi connectivity index (χ3v) is 1.58. The van der Waals surface area contributed by atoms with Gasteiger partial charge < -0.3 is 15.3 Å². The molecule has 1 aliphatic rings. The molecule has 0 radical (unpaired) electrons. The highest BCUT2D eigenvalue weighted by molar-refractivity contribution is 5.18. The van der Waals surface area contributed by atoms with Gasteiger partial charge in [0.25, 0.3) is 0 Å². The summed E-state index contributed by atoms with van der Waals surface area (Å²) in [7, 11) is 0. The van der Waals surface area contributed by atoms with Gasteiger partial charge in [-0.05, 0) is 0 Å². The molecule has 0 bridgehead atoms. The van der Waals surface area contributed by atoms with E-state index in [0.29, 0.717) is 0 Å². The maximum atomic E-state index is 8.56. The van der Waals surface area contributed by atoms with E-state index < -0.39 is 0 Å². The van der Waals surface area contributed by atoms with Crippen molar-refractivity contribution < 1.29 is 15.3 Å². The molecule has 0 aromatic heterocycles. The molecule has 0 aliphatic heterocycles. The zero-order valence-corrected chi connectivity index (χ0v) is 8.14. The Bertz CT molecular complexity index is 165. The van der Waals surface area contributed by atoms with Crippen LogP contribution in [0.1, 0.15) is 13.8 Å². The molecule has 3 nitrogen and oxygen atoms in total. The summed E-state index contributed by atoms with van der Waals surface area (Å²) in [5, 5.41) is 25.4. The van der Waals surface area contributed by atoms with Gasteiger partial charge in [-0.2, -0.15) is 0 Å². The van der Waals surface area contributed by atoms with Crippen molar-refractivity contribution in [1.29, 1.82) is 0 Å². The summed E-state index contributed by atoms with van der Waals surface area (Å²) in [4.78, 5) is 0. The van der Waals surface area contributed by atoms with E-state index in [-0.39, 0.29) is 24.7 Å². The Balaban J connectivity index is 0.000000223. The Kier molecular flexibility index (Phi) is 5.62. The fourth-order valence-corrected chi connectivity index (χ4v) is 0.470. The number of hydrogen-bond acceptors (Lipinski definition) is 3. The highest BCUT2D eigenvalue weighted by Crippen LogP contribution is 2.10. The van der Waals surface area contributed by atoms with Gasteiger partial charge in [0.1, 0.15) is 0 Å². The van der Waals surface area contributed by atoms with Crippen LogP contribution in [-0.2, 0) is 0 Å². The zero-order valence-electron chi connectivity index (χ0n) is 8.14. The van der Waals surface area contributed by atoms with E-state index in [2.05, 4.69) is 0 Å². The SMILES string of the molecule is CC(C)(CO)CO.OC1C=CC=C1. The first-order chi connectivity index (χ1) is 6.02. The van der Waals surface area contributed by atoms with E-state index in [0.717, 1.165) is 0 Å². The van der Waals surface area contributed by atoms with Gasteiger partial charge in [0.15, 0.2) is 0 Å². The molecule has 0 aromatic carbocycles. The molecule has 0 saturated heterocycles. The first kappa shape index (κ1) is 12.4. The monoisotopic (exact) mass is 186 g/mol. The topological polar surface area (TPSA) is 60.7 Å². The molecule has 3 heteroatoms. The predicted molar refractivity (Wildman–Crippen MR) is 52.2 cm³/mol. The van der Waals surface area contributed by atoms with Gasteiger partial charge in [-0.3, -0.25) is 0 Å². The molecule has 13 heavy (non-hydrogen) atoms. The van der Waals surface area contributed by atoms with Crippen molar-refractivity contribution in [2.45, 2.75) is 20.0 Å². The smallest absolute Gasteiger partial charge is 0.0908 e. The van der Waals surface area contributed by atoms with E-state index in [4.69, 9.17) is 15.3 Å². The van der Waals surface area contributed by atoms with Crippen LogP contribution in [-0.4, -0.2) is 34.6 Å². The second-order valence-corrected chi connectivity index (χ2v) is 3.74. The van der Waals surface area contributed by atoms with Crippen LogP contribution >= 0.6 is 0 Å². The second kappa shape index (κ2) is 5.91. The van der Waals surface area contributed by atoms with Gasteiger partial charge in [-0.15, -0.1) is 0 Å². The number of rotatable bonds is 2. The van der Waals surface area contributed by atoms with Crippen molar-refractivity contribution in [3.05, 3.63) is 24.3 Å². The summed E-state index contributed by atoms with van der Waals surface area (Å²) in [5.74, 6) is 0. The molecule has 1 aliphatic carbocycles.